The zero-order valence-corrected chi connectivity index (χ0v) is 11.0. The number of anilines is 2. The summed E-state index contributed by atoms with van der Waals surface area (Å²) in [6.45, 7) is 2.15. The number of nitrogens with one attached hydrogen (secondary N) is 2. The Morgan fingerprint density at radius 3 is 2.74 bits per heavy atom. The van der Waals surface area contributed by atoms with Crippen LogP contribution in [-0.2, 0) is 6.54 Å². The lowest BCUT2D eigenvalue weighted by Crippen LogP contribution is -2.40. The summed E-state index contributed by atoms with van der Waals surface area (Å²) in [6.07, 6.45) is 2.99. The number of aliphatic hydroxyl groups is 1. The zero-order valence-electron chi connectivity index (χ0n) is 11.0. The second kappa shape index (κ2) is 5.48. The van der Waals surface area contributed by atoms with Crippen LogP contribution in [-0.4, -0.2) is 26.8 Å². The molecule has 1 aliphatic rings. The number of aliphatic hydroxyl groups excluding tert-OH is 1. The first kappa shape index (κ1) is 13.7. The summed E-state index contributed by atoms with van der Waals surface area (Å²) >= 11 is 0. The van der Waals surface area contributed by atoms with Crippen molar-refractivity contribution in [1.29, 1.82) is 0 Å². The van der Waals surface area contributed by atoms with E-state index in [9.17, 15) is 14.7 Å². The first-order valence-corrected chi connectivity index (χ1v) is 6.61. The van der Waals surface area contributed by atoms with Gasteiger partial charge in [-0.2, -0.15) is 0 Å². The summed E-state index contributed by atoms with van der Waals surface area (Å²) in [6, 6.07) is -0.194. The number of nitrogen functional groups attached to an aromatic ring is 1. The van der Waals surface area contributed by atoms with E-state index in [2.05, 4.69) is 10.3 Å². The highest BCUT2D eigenvalue weighted by Crippen LogP contribution is 2.22. The fourth-order valence-corrected chi connectivity index (χ4v) is 2.51. The van der Waals surface area contributed by atoms with Crippen LogP contribution >= 0.6 is 0 Å². The number of aromatic amines is 1. The monoisotopic (exact) mass is 268 g/mol. The number of rotatable bonds is 3. The molecule has 1 aromatic heterocycles. The maximum absolute atomic E-state index is 11.8. The standard InChI is InChI=1S/C12H20N4O3/c1-2-16-10(13)9(11(18)15-12(16)19)14-7-5-3-4-6-8(7)17/h7-8,14,17H,2-6,13H2,1H3,(H,15,18,19). The summed E-state index contributed by atoms with van der Waals surface area (Å²) in [5.41, 5.74) is 4.98. The van der Waals surface area contributed by atoms with Gasteiger partial charge in [-0.3, -0.25) is 14.3 Å². The highest BCUT2D eigenvalue weighted by Gasteiger charge is 2.25. The van der Waals surface area contributed by atoms with Gasteiger partial charge in [0.25, 0.3) is 5.56 Å². The molecule has 2 unspecified atom stereocenters. The largest absolute Gasteiger partial charge is 0.391 e. The lowest BCUT2D eigenvalue weighted by atomic mass is 9.92. The van der Waals surface area contributed by atoms with Crippen molar-refractivity contribution >= 4 is 11.5 Å². The van der Waals surface area contributed by atoms with Crippen LogP contribution in [0.5, 0.6) is 0 Å². The van der Waals surface area contributed by atoms with E-state index in [1.165, 1.54) is 4.57 Å². The van der Waals surface area contributed by atoms with E-state index in [1.807, 2.05) is 0 Å². The summed E-state index contributed by atoms with van der Waals surface area (Å²) in [5, 5.41) is 12.9. The molecule has 1 fully saturated rings. The van der Waals surface area contributed by atoms with Gasteiger partial charge in [0.05, 0.1) is 12.1 Å². The van der Waals surface area contributed by atoms with Gasteiger partial charge in [0, 0.05) is 6.54 Å². The molecule has 0 radical (unpaired) electrons. The molecule has 0 bridgehead atoms. The second-order valence-corrected chi connectivity index (χ2v) is 4.87. The Labute approximate surface area is 110 Å². The van der Waals surface area contributed by atoms with Crippen LogP contribution in [0.3, 0.4) is 0 Å². The molecule has 0 aliphatic heterocycles. The van der Waals surface area contributed by atoms with E-state index in [-0.39, 0.29) is 17.5 Å². The van der Waals surface area contributed by atoms with Crippen molar-refractivity contribution in [3.63, 3.8) is 0 Å². The Bertz CT molecular complexity index is 563. The average Bonchev–Trinajstić information content (AvgIpc) is 2.36. The van der Waals surface area contributed by atoms with E-state index in [0.717, 1.165) is 19.3 Å². The van der Waals surface area contributed by atoms with Crippen LogP contribution < -0.4 is 22.3 Å². The number of nitrogens with zero attached hydrogens (tertiary/aromatic N) is 1. The quantitative estimate of drug-likeness (QED) is 0.609. The molecule has 106 valence electrons. The number of aromatic nitrogens is 2. The van der Waals surface area contributed by atoms with Gasteiger partial charge >= 0.3 is 5.69 Å². The molecule has 1 aromatic rings. The van der Waals surface area contributed by atoms with Gasteiger partial charge in [-0.15, -0.1) is 0 Å². The lowest BCUT2D eigenvalue weighted by molar-refractivity contribution is 0.116. The van der Waals surface area contributed by atoms with Crippen molar-refractivity contribution < 1.29 is 5.11 Å². The van der Waals surface area contributed by atoms with E-state index in [1.54, 1.807) is 6.92 Å². The summed E-state index contributed by atoms with van der Waals surface area (Å²) in [4.78, 5) is 25.6. The fraction of sp³-hybridized carbons (Fsp3) is 0.667. The highest BCUT2D eigenvalue weighted by molar-refractivity contribution is 5.61. The molecule has 5 N–H and O–H groups in total. The summed E-state index contributed by atoms with van der Waals surface area (Å²) in [5.74, 6) is 0.119. The maximum atomic E-state index is 11.8. The van der Waals surface area contributed by atoms with Gasteiger partial charge in [-0.25, -0.2) is 4.79 Å². The molecule has 1 saturated carbocycles. The molecular weight excluding hydrogens is 248 g/mol. The Morgan fingerprint density at radius 1 is 1.42 bits per heavy atom. The average molecular weight is 268 g/mol. The van der Waals surface area contributed by atoms with Gasteiger partial charge in [0.1, 0.15) is 11.5 Å². The van der Waals surface area contributed by atoms with Crippen molar-refractivity contribution in [3.05, 3.63) is 20.8 Å². The second-order valence-electron chi connectivity index (χ2n) is 4.87. The first-order valence-electron chi connectivity index (χ1n) is 6.61. The zero-order chi connectivity index (χ0) is 14.0. The predicted molar refractivity (Wildman–Crippen MR) is 73.3 cm³/mol. The molecule has 2 rings (SSSR count). The third-order valence-corrected chi connectivity index (χ3v) is 3.62. The minimum Gasteiger partial charge on any atom is -0.391 e. The van der Waals surface area contributed by atoms with E-state index in [4.69, 9.17) is 5.73 Å². The van der Waals surface area contributed by atoms with Crippen molar-refractivity contribution in [2.45, 2.75) is 51.3 Å². The minimum atomic E-state index is -0.537. The topological polar surface area (TPSA) is 113 Å². The van der Waals surface area contributed by atoms with Gasteiger partial charge in [0.2, 0.25) is 0 Å². The van der Waals surface area contributed by atoms with Crippen LogP contribution in [0.25, 0.3) is 0 Å². The molecule has 1 aliphatic carbocycles. The van der Waals surface area contributed by atoms with Gasteiger partial charge in [-0.05, 0) is 19.8 Å². The van der Waals surface area contributed by atoms with Gasteiger partial charge in [0.15, 0.2) is 0 Å². The first-order chi connectivity index (χ1) is 9.04. The molecule has 2 atom stereocenters. The molecule has 0 amide bonds. The number of hydrogen-bond acceptors (Lipinski definition) is 5. The molecule has 1 heterocycles. The number of H-pyrrole nitrogens is 1. The third kappa shape index (κ3) is 2.65. The summed E-state index contributed by atoms with van der Waals surface area (Å²) < 4.78 is 1.29. The SMILES string of the molecule is CCn1c(N)c(NC2CCCCC2O)c(=O)[nH]c1=O. The lowest BCUT2D eigenvalue weighted by Gasteiger charge is -2.29. The number of hydrogen-bond donors (Lipinski definition) is 4. The molecule has 0 spiro atoms. The normalized spacial score (nSPS) is 23.3. The van der Waals surface area contributed by atoms with Crippen LogP contribution in [0.2, 0.25) is 0 Å². The maximum Gasteiger partial charge on any atom is 0.330 e. The molecule has 0 aromatic carbocycles. The Kier molecular flexibility index (Phi) is 3.94. The molecule has 7 heteroatoms. The Balaban J connectivity index is 2.34. The van der Waals surface area contributed by atoms with E-state index in [0.29, 0.717) is 13.0 Å². The van der Waals surface area contributed by atoms with E-state index >= 15 is 0 Å². The van der Waals surface area contributed by atoms with Gasteiger partial charge < -0.3 is 16.2 Å². The molecule has 0 saturated heterocycles. The third-order valence-electron chi connectivity index (χ3n) is 3.62. The molecule has 7 nitrogen and oxygen atoms in total. The Morgan fingerprint density at radius 2 is 2.11 bits per heavy atom. The van der Waals surface area contributed by atoms with Crippen LogP contribution in [0.15, 0.2) is 9.59 Å². The van der Waals surface area contributed by atoms with Crippen molar-refractivity contribution in [3.8, 4) is 0 Å². The van der Waals surface area contributed by atoms with Crippen molar-refractivity contribution in [2.75, 3.05) is 11.1 Å². The smallest absolute Gasteiger partial charge is 0.330 e. The Hall–Kier alpha value is -1.76. The number of nitrogens with two attached hydrogens (primary N) is 1. The molecular formula is C12H20N4O3. The van der Waals surface area contributed by atoms with Crippen molar-refractivity contribution in [1.82, 2.24) is 9.55 Å². The van der Waals surface area contributed by atoms with Crippen LogP contribution in [0, 0.1) is 0 Å². The molecule has 19 heavy (non-hydrogen) atoms. The van der Waals surface area contributed by atoms with Crippen molar-refractivity contribution in [2.24, 2.45) is 0 Å². The fourth-order valence-electron chi connectivity index (χ4n) is 2.51. The van der Waals surface area contributed by atoms with Gasteiger partial charge in [-0.1, -0.05) is 12.8 Å². The highest BCUT2D eigenvalue weighted by atomic mass is 16.3. The minimum absolute atomic E-state index is 0.119. The summed E-state index contributed by atoms with van der Waals surface area (Å²) in [7, 11) is 0. The predicted octanol–water partition coefficient (Wildman–Crippen LogP) is -0.146. The van der Waals surface area contributed by atoms with E-state index < -0.39 is 17.4 Å². The van der Waals surface area contributed by atoms with Crippen LogP contribution in [0.4, 0.5) is 11.5 Å². The van der Waals surface area contributed by atoms with Crippen LogP contribution in [0.1, 0.15) is 32.6 Å².